The first kappa shape index (κ1) is 14.0. The Balaban J connectivity index is 2.45. The highest BCUT2D eigenvalue weighted by molar-refractivity contribution is 9.10. The lowest BCUT2D eigenvalue weighted by atomic mass is 10.2. The molecule has 0 aliphatic rings. The third-order valence-electron chi connectivity index (χ3n) is 2.51. The number of hydrogen-bond acceptors (Lipinski definition) is 4. The summed E-state index contributed by atoms with van der Waals surface area (Å²) in [6.07, 6.45) is 0. The standard InChI is InChI=1S/C13H10BrN3O3/c14-8-5-6-11(9(7-8)13(15)16)20-12-4-2-1-3-10(12)17(18)19/h1-7H,(H3,15,16). The summed E-state index contributed by atoms with van der Waals surface area (Å²) < 4.78 is 6.27. The van der Waals surface area contributed by atoms with Gasteiger partial charge >= 0.3 is 5.69 Å². The van der Waals surface area contributed by atoms with Crippen LogP contribution in [0.3, 0.4) is 0 Å². The Kier molecular flexibility index (Phi) is 3.99. The molecule has 0 aliphatic heterocycles. The second kappa shape index (κ2) is 5.70. The molecule has 20 heavy (non-hydrogen) atoms. The van der Waals surface area contributed by atoms with Gasteiger partial charge in [0.05, 0.1) is 10.5 Å². The first-order chi connectivity index (χ1) is 9.49. The van der Waals surface area contributed by atoms with Crippen LogP contribution in [0.5, 0.6) is 11.5 Å². The predicted molar refractivity (Wildman–Crippen MR) is 78.3 cm³/mol. The molecular formula is C13H10BrN3O3. The third-order valence-corrected chi connectivity index (χ3v) is 3.01. The van der Waals surface area contributed by atoms with E-state index < -0.39 is 4.92 Å². The number of nitrogens with two attached hydrogens (primary N) is 1. The van der Waals surface area contributed by atoms with Gasteiger partial charge in [-0.1, -0.05) is 28.1 Å². The van der Waals surface area contributed by atoms with Gasteiger partial charge in [0.2, 0.25) is 5.75 Å². The van der Waals surface area contributed by atoms with Gasteiger partial charge in [-0.3, -0.25) is 15.5 Å². The van der Waals surface area contributed by atoms with E-state index in [1.165, 1.54) is 12.1 Å². The van der Waals surface area contributed by atoms with Crippen LogP contribution in [0.15, 0.2) is 46.9 Å². The first-order valence-electron chi connectivity index (χ1n) is 5.54. The van der Waals surface area contributed by atoms with Crippen LogP contribution in [-0.2, 0) is 0 Å². The Morgan fingerprint density at radius 2 is 1.95 bits per heavy atom. The second-order valence-corrected chi connectivity index (χ2v) is 4.80. The molecule has 0 aromatic heterocycles. The summed E-state index contributed by atoms with van der Waals surface area (Å²) in [5.41, 5.74) is 5.69. The van der Waals surface area contributed by atoms with E-state index in [9.17, 15) is 10.1 Å². The zero-order valence-electron chi connectivity index (χ0n) is 10.2. The van der Waals surface area contributed by atoms with Crippen LogP contribution >= 0.6 is 15.9 Å². The van der Waals surface area contributed by atoms with Crippen molar-refractivity contribution in [1.29, 1.82) is 5.41 Å². The summed E-state index contributed by atoms with van der Waals surface area (Å²) >= 11 is 3.27. The van der Waals surface area contributed by atoms with E-state index in [2.05, 4.69) is 15.9 Å². The maximum absolute atomic E-state index is 10.9. The average Bonchev–Trinajstić information content (AvgIpc) is 2.41. The maximum atomic E-state index is 10.9. The summed E-state index contributed by atoms with van der Waals surface area (Å²) in [6, 6.07) is 10.9. The van der Waals surface area contributed by atoms with Crippen molar-refractivity contribution in [2.24, 2.45) is 5.73 Å². The Morgan fingerprint density at radius 1 is 1.25 bits per heavy atom. The highest BCUT2D eigenvalue weighted by Crippen LogP contribution is 2.33. The molecule has 0 bridgehead atoms. The Hall–Kier alpha value is -2.41. The van der Waals surface area contributed by atoms with E-state index in [-0.39, 0.29) is 23.0 Å². The number of nitrogens with one attached hydrogen (secondary N) is 1. The summed E-state index contributed by atoms with van der Waals surface area (Å²) in [5, 5.41) is 18.5. The number of hydrogen-bond donors (Lipinski definition) is 2. The lowest BCUT2D eigenvalue weighted by Gasteiger charge is -2.10. The molecule has 0 saturated heterocycles. The molecule has 6 nitrogen and oxygen atoms in total. The Bertz CT molecular complexity index is 688. The minimum absolute atomic E-state index is 0.0994. The highest BCUT2D eigenvalue weighted by Gasteiger charge is 2.16. The minimum atomic E-state index is -0.526. The SMILES string of the molecule is N=C(N)c1cc(Br)ccc1Oc1ccccc1[N+](=O)[O-]. The van der Waals surface area contributed by atoms with E-state index in [0.717, 1.165) is 4.47 Å². The zero-order valence-corrected chi connectivity index (χ0v) is 11.8. The number of nitrogens with zero attached hydrogens (tertiary/aromatic N) is 1. The van der Waals surface area contributed by atoms with Gasteiger partial charge in [0.1, 0.15) is 11.6 Å². The van der Waals surface area contributed by atoms with Gasteiger partial charge in [0.15, 0.2) is 0 Å². The number of benzene rings is 2. The van der Waals surface area contributed by atoms with Gasteiger partial charge in [0, 0.05) is 10.5 Å². The molecule has 2 aromatic rings. The van der Waals surface area contributed by atoms with Crippen LogP contribution in [0.1, 0.15) is 5.56 Å². The molecule has 0 unspecified atom stereocenters. The largest absolute Gasteiger partial charge is 0.449 e. The lowest BCUT2D eigenvalue weighted by Crippen LogP contribution is -2.12. The van der Waals surface area contributed by atoms with Crippen LogP contribution in [0.2, 0.25) is 0 Å². The average molecular weight is 336 g/mol. The van der Waals surface area contributed by atoms with Crippen molar-refractivity contribution in [2.45, 2.75) is 0 Å². The molecule has 0 amide bonds. The molecule has 0 aliphatic carbocycles. The normalized spacial score (nSPS) is 10.1. The fourth-order valence-corrected chi connectivity index (χ4v) is 1.98. The number of amidine groups is 1. The zero-order chi connectivity index (χ0) is 14.7. The van der Waals surface area contributed by atoms with E-state index in [4.69, 9.17) is 15.9 Å². The summed E-state index contributed by atoms with van der Waals surface area (Å²) in [6.45, 7) is 0. The van der Waals surface area contributed by atoms with Crippen LogP contribution < -0.4 is 10.5 Å². The predicted octanol–water partition coefficient (Wildman–Crippen LogP) is 3.43. The highest BCUT2D eigenvalue weighted by atomic mass is 79.9. The minimum Gasteiger partial charge on any atom is -0.449 e. The number of para-hydroxylation sites is 2. The number of nitrogen functional groups attached to an aromatic ring is 1. The number of nitro groups is 1. The van der Waals surface area contributed by atoms with Gasteiger partial charge < -0.3 is 10.5 Å². The molecule has 102 valence electrons. The molecule has 0 fully saturated rings. The fraction of sp³-hybridized carbons (Fsp3) is 0. The van der Waals surface area contributed by atoms with Gasteiger partial charge in [0.25, 0.3) is 0 Å². The fourth-order valence-electron chi connectivity index (χ4n) is 1.61. The van der Waals surface area contributed by atoms with Crippen molar-refractivity contribution in [3.05, 3.63) is 62.6 Å². The van der Waals surface area contributed by atoms with Crippen molar-refractivity contribution in [3.63, 3.8) is 0 Å². The molecule has 7 heteroatoms. The lowest BCUT2D eigenvalue weighted by molar-refractivity contribution is -0.385. The van der Waals surface area contributed by atoms with E-state index in [1.54, 1.807) is 30.3 Å². The molecule has 0 spiro atoms. The summed E-state index contributed by atoms with van der Waals surface area (Å²) in [7, 11) is 0. The van der Waals surface area contributed by atoms with Crippen LogP contribution in [-0.4, -0.2) is 10.8 Å². The van der Waals surface area contributed by atoms with Crippen molar-refractivity contribution in [1.82, 2.24) is 0 Å². The number of nitro benzene ring substituents is 1. The van der Waals surface area contributed by atoms with Crippen molar-refractivity contribution >= 4 is 27.5 Å². The van der Waals surface area contributed by atoms with Gasteiger partial charge in [-0.05, 0) is 24.3 Å². The molecule has 0 radical (unpaired) electrons. The third kappa shape index (κ3) is 2.94. The molecule has 0 saturated carbocycles. The molecule has 0 heterocycles. The Morgan fingerprint density at radius 3 is 2.60 bits per heavy atom. The van der Waals surface area contributed by atoms with E-state index in [1.807, 2.05) is 0 Å². The quantitative estimate of drug-likeness (QED) is 0.386. The number of ether oxygens (including phenoxy) is 1. The monoisotopic (exact) mass is 335 g/mol. The Labute approximate surface area is 123 Å². The van der Waals surface area contributed by atoms with Crippen molar-refractivity contribution in [2.75, 3.05) is 0 Å². The summed E-state index contributed by atoms with van der Waals surface area (Å²) in [4.78, 5) is 10.4. The van der Waals surface area contributed by atoms with E-state index >= 15 is 0 Å². The molecular weight excluding hydrogens is 326 g/mol. The molecule has 2 aromatic carbocycles. The van der Waals surface area contributed by atoms with E-state index in [0.29, 0.717) is 5.56 Å². The maximum Gasteiger partial charge on any atom is 0.311 e. The molecule has 2 rings (SSSR count). The van der Waals surface area contributed by atoms with Crippen molar-refractivity contribution in [3.8, 4) is 11.5 Å². The van der Waals surface area contributed by atoms with Crippen LogP contribution in [0.25, 0.3) is 0 Å². The van der Waals surface area contributed by atoms with Crippen LogP contribution in [0.4, 0.5) is 5.69 Å². The first-order valence-corrected chi connectivity index (χ1v) is 6.33. The second-order valence-electron chi connectivity index (χ2n) is 3.88. The van der Waals surface area contributed by atoms with Crippen molar-refractivity contribution < 1.29 is 9.66 Å². The van der Waals surface area contributed by atoms with Gasteiger partial charge in [-0.15, -0.1) is 0 Å². The number of rotatable bonds is 4. The van der Waals surface area contributed by atoms with Gasteiger partial charge in [-0.25, -0.2) is 0 Å². The smallest absolute Gasteiger partial charge is 0.311 e. The van der Waals surface area contributed by atoms with Gasteiger partial charge in [-0.2, -0.15) is 0 Å². The molecule has 0 atom stereocenters. The van der Waals surface area contributed by atoms with Crippen LogP contribution in [0, 0.1) is 15.5 Å². The number of halogens is 1. The molecule has 3 N–H and O–H groups in total. The summed E-state index contributed by atoms with van der Waals surface area (Å²) in [5.74, 6) is 0.206. The topological polar surface area (TPSA) is 102 Å².